The number of ketones is 1. The third-order valence-corrected chi connectivity index (χ3v) is 6.01. The van der Waals surface area contributed by atoms with Crippen molar-refractivity contribution in [1.29, 1.82) is 0 Å². The van der Waals surface area contributed by atoms with Gasteiger partial charge in [0.1, 0.15) is 0 Å². The number of nitrogens with zero attached hydrogens (tertiary/aromatic N) is 3. The van der Waals surface area contributed by atoms with Gasteiger partial charge in [0, 0.05) is 17.3 Å². The molecule has 0 radical (unpaired) electrons. The second kappa shape index (κ2) is 7.66. The van der Waals surface area contributed by atoms with Crippen molar-refractivity contribution in [3.8, 4) is 10.7 Å². The summed E-state index contributed by atoms with van der Waals surface area (Å²) < 4.78 is 2.15. The minimum Gasteiger partial charge on any atom is -0.325 e. The van der Waals surface area contributed by atoms with Gasteiger partial charge in [0.05, 0.1) is 10.6 Å². The quantitative estimate of drug-likeness (QED) is 0.475. The molecule has 0 spiro atoms. The second-order valence-electron chi connectivity index (χ2n) is 6.36. The number of anilines is 1. The van der Waals surface area contributed by atoms with E-state index in [1.54, 1.807) is 35.6 Å². The highest BCUT2D eigenvalue weighted by molar-refractivity contribution is 7.99. The first-order chi connectivity index (χ1) is 13.1. The van der Waals surface area contributed by atoms with Crippen molar-refractivity contribution in [2.24, 2.45) is 0 Å². The number of benzene rings is 1. The van der Waals surface area contributed by atoms with Crippen molar-refractivity contribution in [2.75, 3.05) is 11.1 Å². The maximum absolute atomic E-state index is 12.3. The van der Waals surface area contributed by atoms with E-state index in [-0.39, 0.29) is 17.4 Å². The van der Waals surface area contributed by atoms with E-state index in [9.17, 15) is 9.59 Å². The second-order valence-corrected chi connectivity index (χ2v) is 8.25. The lowest BCUT2D eigenvalue weighted by Crippen LogP contribution is -2.15. The molecule has 0 unspecified atom stereocenters. The van der Waals surface area contributed by atoms with Crippen LogP contribution < -0.4 is 5.32 Å². The van der Waals surface area contributed by atoms with Crippen LogP contribution in [0.25, 0.3) is 10.7 Å². The molecule has 1 fully saturated rings. The Bertz CT molecular complexity index is 978. The van der Waals surface area contributed by atoms with Crippen molar-refractivity contribution in [1.82, 2.24) is 14.8 Å². The van der Waals surface area contributed by atoms with Crippen LogP contribution in [0.2, 0.25) is 0 Å². The molecule has 8 heteroatoms. The maximum Gasteiger partial charge on any atom is 0.234 e. The fraction of sp³-hybridized carbons (Fsp3) is 0.263. The largest absolute Gasteiger partial charge is 0.325 e. The zero-order valence-electron chi connectivity index (χ0n) is 14.7. The van der Waals surface area contributed by atoms with Crippen molar-refractivity contribution >= 4 is 40.5 Å². The summed E-state index contributed by atoms with van der Waals surface area (Å²) in [7, 11) is 0. The molecule has 1 saturated carbocycles. The Morgan fingerprint density at radius 2 is 2.11 bits per heavy atom. The number of carbonyl (C=O) groups excluding carboxylic acids is 2. The smallest absolute Gasteiger partial charge is 0.234 e. The standard InChI is InChI=1S/C19H18N4O2S2/c1-12(24)13-4-2-5-14(10-13)20-17(25)11-27-19-22-21-18(16-6-3-9-26-16)23(19)15-7-8-15/h2-6,9-10,15H,7-8,11H2,1H3,(H,20,25). The van der Waals surface area contributed by atoms with E-state index >= 15 is 0 Å². The van der Waals surface area contributed by atoms with Crippen LogP contribution in [0.15, 0.2) is 46.9 Å². The number of hydrogen-bond acceptors (Lipinski definition) is 6. The molecule has 1 aliphatic rings. The zero-order chi connectivity index (χ0) is 18.8. The van der Waals surface area contributed by atoms with Gasteiger partial charge in [0.15, 0.2) is 16.8 Å². The molecule has 1 aliphatic carbocycles. The molecule has 138 valence electrons. The van der Waals surface area contributed by atoms with Crippen LogP contribution >= 0.6 is 23.1 Å². The maximum atomic E-state index is 12.3. The molecule has 1 amide bonds. The summed E-state index contributed by atoms with van der Waals surface area (Å²) in [5.41, 5.74) is 1.20. The van der Waals surface area contributed by atoms with Crippen LogP contribution in [0.1, 0.15) is 36.2 Å². The summed E-state index contributed by atoms with van der Waals surface area (Å²) in [6.45, 7) is 1.51. The molecule has 0 saturated heterocycles. The van der Waals surface area contributed by atoms with Crippen LogP contribution in [0.3, 0.4) is 0 Å². The molecule has 2 heterocycles. The molecular formula is C19H18N4O2S2. The molecular weight excluding hydrogens is 380 g/mol. The van der Waals surface area contributed by atoms with Crippen LogP contribution in [0.5, 0.6) is 0 Å². The van der Waals surface area contributed by atoms with E-state index < -0.39 is 0 Å². The third kappa shape index (κ3) is 4.12. The summed E-state index contributed by atoms with van der Waals surface area (Å²) in [6.07, 6.45) is 2.24. The molecule has 1 N–H and O–H groups in total. The fourth-order valence-electron chi connectivity index (χ4n) is 2.75. The first-order valence-electron chi connectivity index (χ1n) is 8.64. The average molecular weight is 399 g/mol. The summed E-state index contributed by atoms with van der Waals surface area (Å²) in [4.78, 5) is 24.9. The molecule has 27 heavy (non-hydrogen) atoms. The van der Waals surface area contributed by atoms with E-state index in [4.69, 9.17) is 0 Å². The van der Waals surface area contributed by atoms with E-state index in [2.05, 4.69) is 20.1 Å². The van der Waals surface area contributed by atoms with Gasteiger partial charge in [0.2, 0.25) is 5.91 Å². The van der Waals surface area contributed by atoms with Crippen LogP contribution in [0.4, 0.5) is 5.69 Å². The van der Waals surface area contributed by atoms with Crippen molar-refractivity contribution < 1.29 is 9.59 Å². The van der Waals surface area contributed by atoms with Crippen molar-refractivity contribution in [3.05, 3.63) is 47.3 Å². The number of Topliss-reactive ketones (excluding diaryl/α,β-unsaturated/α-hetero) is 1. The van der Waals surface area contributed by atoms with Gasteiger partial charge < -0.3 is 5.32 Å². The lowest BCUT2D eigenvalue weighted by atomic mass is 10.1. The number of carbonyl (C=O) groups is 2. The summed E-state index contributed by atoms with van der Waals surface area (Å²) in [5.74, 6) is 0.951. The number of thioether (sulfide) groups is 1. The normalized spacial score (nSPS) is 13.5. The van der Waals surface area contributed by atoms with E-state index in [1.165, 1.54) is 18.7 Å². The monoisotopic (exact) mass is 398 g/mol. The van der Waals surface area contributed by atoms with Gasteiger partial charge >= 0.3 is 0 Å². The molecule has 6 nitrogen and oxygen atoms in total. The Kier molecular flexibility index (Phi) is 5.09. The lowest BCUT2D eigenvalue weighted by Gasteiger charge is -2.08. The topological polar surface area (TPSA) is 76.9 Å². The predicted molar refractivity (Wildman–Crippen MR) is 107 cm³/mol. The first kappa shape index (κ1) is 17.9. The number of nitrogens with one attached hydrogen (secondary N) is 1. The third-order valence-electron chi connectivity index (χ3n) is 4.20. The number of hydrogen-bond donors (Lipinski definition) is 1. The molecule has 2 aromatic heterocycles. The zero-order valence-corrected chi connectivity index (χ0v) is 16.3. The van der Waals surface area contributed by atoms with Gasteiger partial charge in [-0.3, -0.25) is 14.2 Å². The van der Waals surface area contributed by atoms with Gasteiger partial charge in [-0.2, -0.15) is 0 Å². The first-order valence-corrected chi connectivity index (χ1v) is 10.5. The van der Waals surface area contributed by atoms with E-state index in [0.29, 0.717) is 17.3 Å². The Morgan fingerprint density at radius 1 is 1.26 bits per heavy atom. The van der Waals surface area contributed by atoms with E-state index in [0.717, 1.165) is 28.7 Å². The number of rotatable bonds is 7. The predicted octanol–water partition coefficient (Wildman–Crippen LogP) is 4.27. The Balaban J connectivity index is 1.44. The SMILES string of the molecule is CC(=O)c1cccc(NC(=O)CSc2nnc(-c3cccs3)n2C2CC2)c1. The van der Waals surface area contributed by atoms with Gasteiger partial charge in [-0.05, 0) is 43.3 Å². The molecule has 0 aliphatic heterocycles. The minimum absolute atomic E-state index is 0.0286. The van der Waals surface area contributed by atoms with Gasteiger partial charge in [-0.1, -0.05) is 30.0 Å². The molecule has 4 rings (SSSR count). The van der Waals surface area contributed by atoms with Crippen LogP contribution in [0, 0.1) is 0 Å². The Labute approximate surface area is 165 Å². The van der Waals surface area contributed by atoms with Gasteiger partial charge in [-0.25, -0.2) is 0 Å². The minimum atomic E-state index is -0.135. The van der Waals surface area contributed by atoms with Crippen LogP contribution in [-0.4, -0.2) is 32.2 Å². The highest BCUT2D eigenvalue weighted by Crippen LogP contribution is 2.41. The molecule has 3 aromatic rings. The van der Waals surface area contributed by atoms with Crippen molar-refractivity contribution in [3.63, 3.8) is 0 Å². The average Bonchev–Trinajstić information content (AvgIpc) is 3.18. The highest BCUT2D eigenvalue weighted by Gasteiger charge is 2.30. The van der Waals surface area contributed by atoms with Gasteiger partial charge in [0.25, 0.3) is 0 Å². The number of aromatic nitrogens is 3. The number of amides is 1. The van der Waals surface area contributed by atoms with Crippen LogP contribution in [-0.2, 0) is 4.79 Å². The van der Waals surface area contributed by atoms with E-state index in [1.807, 2.05) is 17.5 Å². The summed E-state index contributed by atoms with van der Waals surface area (Å²) in [5, 5.41) is 14.3. The number of thiophene rings is 1. The fourth-order valence-corrected chi connectivity index (χ4v) is 4.27. The highest BCUT2D eigenvalue weighted by atomic mass is 32.2. The van der Waals surface area contributed by atoms with Crippen molar-refractivity contribution in [2.45, 2.75) is 31.0 Å². The molecule has 0 atom stereocenters. The molecule has 0 bridgehead atoms. The summed E-state index contributed by atoms with van der Waals surface area (Å²) >= 11 is 3.03. The van der Waals surface area contributed by atoms with Gasteiger partial charge in [-0.15, -0.1) is 21.5 Å². The Hall–Kier alpha value is -2.45. The lowest BCUT2D eigenvalue weighted by molar-refractivity contribution is -0.113. The Morgan fingerprint density at radius 3 is 2.81 bits per heavy atom. The molecule has 1 aromatic carbocycles. The summed E-state index contributed by atoms with van der Waals surface area (Å²) in [6, 6.07) is 11.4.